The number of amides is 1. The number of nitrogens with one attached hydrogen (secondary N) is 1. The molecule has 2 nitrogen and oxygen atoms in total. The molecule has 2 aromatic carbocycles. The van der Waals surface area contributed by atoms with Crippen LogP contribution in [0.1, 0.15) is 30.4 Å². The minimum atomic E-state index is -0.519. The molecule has 22 heavy (non-hydrogen) atoms. The molecule has 4 heteroatoms. The highest BCUT2D eigenvalue weighted by atomic mass is 35.5. The van der Waals surface area contributed by atoms with Crippen molar-refractivity contribution in [2.24, 2.45) is 0 Å². The lowest BCUT2D eigenvalue weighted by atomic mass is 9.64. The molecule has 114 valence electrons. The number of carbonyl (C=O) groups is 1. The summed E-state index contributed by atoms with van der Waals surface area (Å²) >= 11 is 6.11. The van der Waals surface area contributed by atoms with Crippen LogP contribution in [0.5, 0.6) is 0 Å². The Morgan fingerprint density at radius 2 is 1.82 bits per heavy atom. The molecule has 0 heterocycles. The van der Waals surface area contributed by atoms with Crippen LogP contribution in [-0.4, -0.2) is 5.91 Å². The Labute approximate surface area is 134 Å². The van der Waals surface area contributed by atoms with E-state index in [0.717, 1.165) is 30.4 Å². The molecule has 1 fully saturated rings. The van der Waals surface area contributed by atoms with E-state index in [1.165, 1.54) is 12.1 Å². The molecule has 1 amide bonds. The molecule has 0 aromatic heterocycles. The SMILES string of the molecule is O=C(NCc1ccccc1Cl)C1(c2ccc(F)cc2)CCC1. The summed E-state index contributed by atoms with van der Waals surface area (Å²) in [7, 11) is 0. The molecular formula is C18H17ClFNO. The van der Waals surface area contributed by atoms with Crippen molar-refractivity contribution in [2.45, 2.75) is 31.2 Å². The third-order valence-corrected chi connectivity index (χ3v) is 4.80. The Morgan fingerprint density at radius 3 is 2.41 bits per heavy atom. The number of hydrogen-bond donors (Lipinski definition) is 1. The monoisotopic (exact) mass is 317 g/mol. The van der Waals surface area contributed by atoms with E-state index in [4.69, 9.17) is 11.6 Å². The average molecular weight is 318 g/mol. The van der Waals surface area contributed by atoms with E-state index in [0.29, 0.717) is 11.6 Å². The van der Waals surface area contributed by atoms with Crippen LogP contribution in [0.15, 0.2) is 48.5 Å². The van der Waals surface area contributed by atoms with Gasteiger partial charge in [-0.05, 0) is 42.2 Å². The zero-order valence-electron chi connectivity index (χ0n) is 12.1. The van der Waals surface area contributed by atoms with Gasteiger partial charge < -0.3 is 5.32 Å². The molecule has 0 atom stereocenters. The predicted molar refractivity (Wildman–Crippen MR) is 85.2 cm³/mol. The predicted octanol–water partition coefficient (Wildman–Crippen LogP) is 4.22. The number of hydrogen-bond acceptors (Lipinski definition) is 1. The van der Waals surface area contributed by atoms with Crippen molar-refractivity contribution in [3.05, 3.63) is 70.5 Å². The molecule has 0 unspecified atom stereocenters. The summed E-state index contributed by atoms with van der Waals surface area (Å²) in [6.45, 7) is 0.404. The molecule has 0 bridgehead atoms. The van der Waals surface area contributed by atoms with E-state index in [9.17, 15) is 9.18 Å². The fourth-order valence-electron chi connectivity index (χ4n) is 2.93. The molecule has 0 saturated heterocycles. The van der Waals surface area contributed by atoms with Crippen molar-refractivity contribution in [3.8, 4) is 0 Å². The van der Waals surface area contributed by atoms with Gasteiger partial charge in [0.2, 0.25) is 5.91 Å². The second-order valence-electron chi connectivity index (χ2n) is 5.72. The van der Waals surface area contributed by atoms with Gasteiger partial charge in [0.05, 0.1) is 5.41 Å². The number of rotatable bonds is 4. The minimum Gasteiger partial charge on any atom is -0.351 e. The number of benzene rings is 2. The van der Waals surface area contributed by atoms with Crippen LogP contribution in [0.25, 0.3) is 0 Å². The highest BCUT2D eigenvalue weighted by Gasteiger charge is 2.45. The fourth-order valence-corrected chi connectivity index (χ4v) is 3.14. The molecule has 0 aliphatic heterocycles. The first-order chi connectivity index (χ1) is 10.6. The van der Waals surface area contributed by atoms with Crippen LogP contribution in [0, 0.1) is 5.82 Å². The Morgan fingerprint density at radius 1 is 1.14 bits per heavy atom. The van der Waals surface area contributed by atoms with Crippen LogP contribution in [-0.2, 0) is 16.8 Å². The average Bonchev–Trinajstić information content (AvgIpc) is 2.47. The van der Waals surface area contributed by atoms with Crippen LogP contribution in [0.2, 0.25) is 5.02 Å². The normalized spacial score (nSPS) is 15.9. The Kier molecular flexibility index (Phi) is 4.16. The van der Waals surface area contributed by atoms with E-state index < -0.39 is 5.41 Å². The van der Waals surface area contributed by atoms with Gasteiger partial charge in [0.1, 0.15) is 5.82 Å². The summed E-state index contributed by atoms with van der Waals surface area (Å²) in [4.78, 5) is 12.7. The van der Waals surface area contributed by atoms with Gasteiger partial charge in [-0.15, -0.1) is 0 Å². The summed E-state index contributed by atoms with van der Waals surface area (Å²) in [5.41, 5.74) is 1.26. The van der Waals surface area contributed by atoms with Crippen molar-refractivity contribution in [3.63, 3.8) is 0 Å². The highest BCUT2D eigenvalue weighted by molar-refractivity contribution is 6.31. The van der Waals surface area contributed by atoms with Crippen LogP contribution in [0.4, 0.5) is 4.39 Å². The van der Waals surface area contributed by atoms with Gasteiger partial charge in [-0.2, -0.15) is 0 Å². The van der Waals surface area contributed by atoms with Gasteiger partial charge in [-0.25, -0.2) is 4.39 Å². The largest absolute Gasteiger partial charge is 0.351 e. The smallest absolute Gasteiger partial charge is 0.230 e. The molecule has 3 rings (SSSR count). The lowest BCUT2D eigenvalue weighted by molar-refractivity contribution is -0.130. The van der Waals surface area contributed by atoms with E-state index in [1.807, 2.05) is 24.3 Å². The third-order valence-electron chi connectivity index (χ3n) is 4.44. The molecule has 0 spiro atoms. The van der Waals surface area contributed by atoms with E-state index in [-0.39, 0.29) is 11.7 Å². The molecule has 2 aromatic rings. The topological polar surface area (TPSA) is 29.1 Å². The third kappa shape index (κ3) is 2.73. The molecule has 1 saturated carbocycles. The van der Waals surface area contributed by atoms with Crippen molar-refractivity contribution in [1.82, 2.24) is 5.32 Å². The lowest BCUT2D eigenvalue weighted by Crippen LogP contribution is -2.49. The maximum Gasteiger partial charge on any atom is 0.230 e. The van der Waals surface area contributed by atoms with Crippen molar-refractivity contribution >= 4 is 17.5 Å². The van der Waals surface area contributed by atoms with Gasteiger partial charge in [-0.3, -0.25) is 4.79 Å². The van der Waals surface area contributed by atoms with E-state index in [1.54, 1.807) is 12.1 Å². The van der Waals surface area contributed by atoms with Crippen LogP contribution >= 0.6 is 11.6 Å². The summed E-state index contributed by atoms with van der Waals surface area (Å²) in [5, 5.41) is 3.62. The Balaban J connectivity index is 1.75. The fraction of sp³-hybridized carbons (Fsp3) is 0.278. The maximum absolute atomic E-state index is 13.1. The standard InChI is InChI=1S/C18H17ClFNO/c19-16-5-2-1-4-13(16)12-21-17(22)18(10-3-11-18)14-6-8-15(20)9-7-14/h1-2,4-9H,3,10-12H2,(H,21,22). The summed E-state index contributed by atoms with van der Waals surface area (Å²) in [5.74, 6) is -0.292. The summed E-state index contributed by atoms with van der Waals surface area (Å²) in [6.07, 6.45) is 2.61. The zero-order chi connectivity index (χ0) is 15.6. The number of carbonyl (C=O) groups excluding carboxylic acids is 1. The van der Waals surface area contributed by atoms with Crippen molar-refractivity contribution < 1.29 is 9.18 Å². The molecule has 0 radical (unpaired) electrons. The second-order valence-corrected chi connectivity index (χ2v) is 6.12. The minimum absolute atomic E-state index is 0.00900. The van der Waals surface area contributed by atoms with Gasteiger partial charge in [0, 0.05) is 11.6 Å². The Hall–Kier alpha value is -1.87. The Bertz CT molecular complexity index is 680. The van der Waals surface area contributed by atoms with Gasteiger partial charge >= 0.3 is 0 Å². The molecule has 1 aliphatic rings. The van der Waals surface area contributed by atoms with Crippen LogP contribution in [0.3, 0.4) is 0 Å². The van der Waals surface area contributed by atoms with Crippen LogP contribution < -0.4 is 5.32 Å². The molecule has 1 N–H and O–H groups in total. The maximum atomic E-state index is 13.1. The second kappa shape index (κ2) is 6.09. The van der Waals surface area contributed by atoms with Crippen molar-refractivity contribution in [2.75, 3.05) is 0 Å². The summed E-state index contributed by atoms with van der Waals surface area (Å²) in [6, 6.07) is 13.7. The quantitative estimate of drug-likeness (QED) is 0.899. The number of halogens is 2. The summed E-state index contributed by atoms with van der Waals surface area (Å²) < 4.78 is 13.1. The first-order valence-electron chi connectivity index (χ1n) is 7.40. The lowest BCUT2D eigenvalue weighted by Gasteiger charge is -2.40. The molecular weight excluding hydrogens is 301 g/mol. The van der Waals surface area contributed by atoms with E-state index in [2.05, 4.69) is 5.32 Å². The molecule has 1 aliphatic carbocycles. The zero-order valence-corrected chi connectivity index (χ0v) is 12.9. The highest BCUT2D eigenvalue weighted by Crippen LogP contribution is 2.44. The first kappa shape index (κ1) is 15.0. The van der Waals surface area contributed by atoms with Gasteiger partial charge in [-0.1, -0.05) is 48.4 Å². The first-order valence-corrected chi connectivity index (χ1v) is 7.77. The van der Waals surface area contributed by atoms with Gasteiger partial charge in [0.15, 0.2) is 0 Å². The van der Waals surface area contributed by atoms with E-state index >= 15 is 0 Å². The van der Waals surface area contributed by atoms with Gasteiger partial charge in [0.25, 0.3) is 0 Å². The van der Waals surface area contributed by atoms with Crippen molar-refractivity contribution in [1.29, 1.82) is 0 Å².